The second kappa shape index (κ2) is 6.89. The second-order valence-corrected chi connectivity index (χ2v) is 6.66. The highest BCUT2D eigenvalue weighted by atomic mass is 35.5. The van der Waals surface area contributed by atoms with Crippen LogP contribution in [-0.4, -0.2) is 39.2 Å². The van der Waals surface area contributed by atoms with E-state index in [1.54, 1.807) is 10.7 Å². The standard InChI is InChI=1S/C17H17Cl2N5/c1-11-5-4-6-13(9-11)24-17(20-21-22-24)16(23(2)3)14-8-7-12(18)10-15(14)19/h4-10,16H,1-3H3. The number of halogens is 2. The van der Waals surface area contributed by atoms with Crippen LogP contribution in [0.5, 0.6) is 0 Å². The molecule has 1 atom stereocenters. The number of benzene rings is 2. The van der Waals surface area contributed by atoms with E-state index in [1.807, 2.05) is 62.3 Å². The molecular weight excluding hydrogens is 345 g/mol. The predicted molar refractivity (Wildman–Crippen MR) is 95.9 cm³/mol. The summed E-state index contributed by atoms with van der Waals surface area (Å²) >= 11 is 12.4. The van der Waals surface area contributed by atoms with Gasteiger partial charge in [0.05, 0.1) is 11.7 Å². The molecule has 3 aromatic rings. The Morgan fingerprint density at radius 1 is 1.08 bits per heavy atom. The molecule has 0 saturated carbocycles. The Hall–Kier alpha value is -1.95. The zero-order valence-corrected chi connectivity index (χ0v) is 15.1. The SMILES string of the molecule is Cc1cccc(-n2nnnc2C(c2ccc(Cl)cc2Cl)N(C)C)c1. The van der Waals surface area contributed by atoms with Crippen LogP contribution < -0.4 is 0 Å². The summed E-state index contributed by atoms with van der Waals surface area (Å²) in [7, 11) is 3.93. The fourth-order valence-electron chi connectivity index (χ4n) is 2.68. The van der Waals surface area contributed by atoms with E-state index in [0.717, 1.165) is 16.8 Å². The van der Waals surface area contributed by atoms with Gasteiger partial charge in [-0.05, 0) is 66.8 Å². The molecule has 1 aromatic heterocycles. The lowest BCUT2D eigenvalue weighted by Crippen LogP contribution is -2.25. The number of rotatable bonds is 4. The molecule has 3 rings (SSSR count). The first kappa shape index (κ1) is 16.9. The van der Waals surface area contributed by atoms with Crippen molar-refractivity contribution >= 4 is 23.2 Å². The molecule has 0 radical (unpaired) electrons. The summed E-state index contributed by atoms with van der Waals surface area (Å²) in [6.45, 7) is 2.03. The number of hydrogen-bond acceptors (Lipinski definition) is 4. The van der Waals surface area contributed by atoms with Crippen molar-refractivity contribution in [3.63, 3.8) is 0 Å². The molecular formula is C17H17Cl2N5. The van der Waals surface area contributed by atoms with Crippen LogP contribution in [0.3, 0.4) is 0 Å². The quantitative estimate of drug-likeness (QED) is 0.706. The third-order valence-corrected chi connectivity index (χ3v) is 4.32. The molecule has 124 valence electrons. The molecule has 1 unspecified atom stereocenters. The summed E-state index contributed by atoms with van der Waals surface area (Å²) in [5.41, 5.74) is 2.95. The Morgan fingerprint density at radius 3 is 2.54 bits per heavy atom. The third kappa shape index (κ3) is 3.29. The molecule has 5 nitrogen and oxygen atoms in total. The Balaban J connectivity index is 2.13. The van der Waals surface area contributed by atoms with Gasteiger partial charge < -0.3 is 0 Å². The average Bonchev–Trinajstić information content (AvgIpc) is 2.98. The van der Waals surface area contributed by atoms with Gasteiger partial charge in [0.25, 0.3) is 0 Å². The number of hydrogen-bond donors (Lipinski definition) is 0. The number of tetrazole rings is 1. The van der Waals surface area contributed by atoms with Crippen molar-refractivity contribution in [2.75, 3.05) is 14.1 Å². The number of nitrogens with zero attached hydrogens (tertiary/aromatic N) is 5. The molecule has 0 aliphatic heterocycles. The zero-order valence-electron chi connectivity index (χ0n) is 13.6. The lowest BCUT2D eigenvalue weighted by atomic mass is 10.0. The minimum Gasteiger partial charge on any atom is -0.296 e. The molecule has 0 fully saturated rings. The summed E-state index contributed by atoms with van der Waals surface area (Å²) in [4.78, 5) is 2.02. The molecule has 2 aromatic carbocycles. The van der Waals surface area contributed by atoms with Crippen LogP contribution in [0.25, 0.3) is 5.69 Å². The van der Waals surface area contributed by atoms with Gasteiger partial charge in [0.2, 0.25) is 0 Å². The van der Waals surface area contributed by atoms with E-state index < -0.39 is 0 Å². The Kier molecular flexibility index (Phi) is 4.85. The van der Waals surface area contributed by atoms with Crippen molar-refractivity contribution in [1.29, 1.82) is 0 Å². The topological polar surface area (TPSA) is 46.8 Å². The van der Waals surface area contributed by atoms with Gasteiger partial charge in [-0.2, -0.15) is 4.68 Å². The van der Waals surface area contributed by atoms with Gasteiger partial charge in [-0.25, -0.2) is 0 Å². The number of aryl methyl sites for hydroxylation is 1. The van der Waals surface area contributed by atoms with Crippen LogP contribution in [0.1, 0.15) is 23.0 Å². The smallest absolute Gasteiger partial charge is 0.178 e. The summed E-state index contributed by atoms with van der Waals surface area (Å²) in [6, 6.07) is 13.3. The Morgan fingerprint density at radius 2 is 1.88 bits per heavy atom. The van der Waals surface area contributed by atoms with Gasteiger partial charge in [-0.15, -0.1) is 5.10 Å². The van der Waals surface area contributed by atoms with Gasteiger partial charge >= 0.3 is 0 Å². The molecule has 0 amide bonds. The first-order valence-electron chi connectivity index (χ1n) is 7.44. The molecule has 0 aliphatic rings. The van der Waals surface area contributed by atoms with Crippen LogP contribution in [-0.2, 0) is 0 Å². The largest absolute Gasteiger partial charge is 0.296 e. The maximum atomic E-state index is 6.42. The van der Waals surface area contributed by atoms with Crippen molar-refractivity contribution in [2.45, 2.75) is 13.0 Å². The van der Waals surface area contributed by atoms with E-state index in [0.29, 0.717) is 15.9 Å². The molecule has 0 bridgehead atoms. The third-order valence-electron chi connectivity index (χ3n) is 3.76. The highest BCUT2D eigenvalue weighted by Gasteiger charge is 2.26. The summed E-state index contributed by atoms with van der Waals surface area (Å²) in [5, 5.41) is 13.5. The second-order valence-electron chi connectivity index (χ2n) is 5.82. The van der Waals surface area contributed by atoms with Crippen LogP contribution >= 0.6 is 23.2 Å². The minimum absolute atomic E-state index is 0.203. The highest BCUT2D eigenvalue weighted by Crippen LogP contribution is 2.33. The van der Waals surface area contributed by atoms with Gasteiger partial charge in [0, 0.05) is 10.0 Å². The van der Waals surface area contributed by atoms with Crippen LogP contribution in [0.15, 0.2) is 42.5 Å². The van der Waals surface area contributed by atoms with Crippen molar-refractivity contribution in [3.8, 4) is 5.69 Å². The van der Waals surface area contributed by atoms with Crippen molar-refractivity contribution in [2.24, 2.45) is 0 Å². The lowest BCUT2D eigenvalue weighted by molar-refractivity contribution is 0.325. The predicted octanol–water partition coefficient (Wildman–Crippen LogP) is 3.93. The van der Waals surface area contributed by atoms with Crippen molar-refractivity contribution in [1.82, 2.24) is 25.1 Å². The normalized spacial score (nSPS) is 12.6. The molecule has 0 spiro atoms. The monoisotopic (exact) mass is 361 g/mol. The molecule has 0 aliphatic carbocycles. The van der Waals surface area contributed by atoms with Crippen LogP contribution in [0, 0.1) is 6.92 Å². The lowest BCUT2D eigenvalue weighted by Gasteiger charge is -2.24. The summed E-state index contributed by atoms with van der Waals surface area (Å²) < 4.78 is 1.74. The first-order chi connectivity index (χ1) is 11.5. The van der Waals surface area contributed by atoms with Crippen LogP contribution in [0.4, 0.5) is 0 Å². The first-order valence-corrected chi connectivity index (χ1v) is 8.19. The van der Waals surface area contributed by atoms with Crippen molar-refractivity contribution in [3.05, 3.63) is 69.5 Å². The van der Waals surface area contributed by atoms with E-state index in [-0.39, 0.29) is 6.04 Å². The average molecular weight is 362 g/mol. The maximum absolute atomic E-state index is 6.42. The van der Waals surface area contributed by atoms with E-state index in [4.69, 9.17) is 23.2 Å². The van der Waals surface area contributed by atoms with E-state index >= 15 is 0 Å². The fourth-order valence-corrected chi connectivity index (χ4v) is 3.19. The molecule has 1 heterocycles. The molecule has 0 N–H and O–H groups in total. The maximum Gasteiger partial charge on any atom is 0.178 e. The van der Waals surface area contributed by atoms with E-state index in [1.165, 1.54) is 0 Å². The number of aromatic nitrogens is 4. The molecule has 0 saturated heterocycles. The van der Waals surface area contributed by atoms with Gasteiger partial charge in [0.15, 0.2) is 5.82 Å². The molecule has 7 heteroatoms. The zero-order chi connectivity index (χ0) is 17.3. The summed E-state index contributed by atoms with van der Waals surface area (Å²) in [6.07, 6.45) is 0. The Labute approximate surface area is 150 Å². The van der Waals surface area contributed by atoms with Gasteiger partial charge in [-0.1, -0.05) is 41.4 Å². The van der Waals surface area contributed by atoms with E-state index in [9.17, 15) is 0 Å². The molecule has 24 heavy (non-hydrogen) atoms. The van der Waals surface area contributed by atoms with Crippen molar-refractivity contribution < 1.29 is 0 Å². The fraction of sp³-hybridized carbons (Fsp3) is 0.235. The van der Waals surface area contributed by atoms with E-state index in [2.05, 4.69) is 15.5 Å². The summed E-state index contributed by atoms with van der Waals surface area (Å²) in [5.74, 6) is 0.690. The van der Waals surface area contributed by atoms with Crippen LogP contribution in [0.2, 0.25) is 10.0 Å². The Bertz CT molecular complexity index is 860. The van der Waals surface area contributed by atoms with Gasteiger partial charge in [0.1, 0.15) is 0 Å². The highest BCUT2D eigenvalue weighted by molar-refractivity contribution is 6.35. The van der Waals surface area contributed by atoms with Gasteiger partial charge in [-0.3, -0.25) is 4.90 Å². The minimum atomic E-state index is -0.203.